The fraction of sp³-hybridized carbons (Fsp3) is 0.533. The first kappa shape index (κ1) is 15.7. The van der Waals surface area contributed by atoms with Crippen molar-refractivity contribution >= 4 is 12.7 Å². The topological polar surface area (TPSA) is 127 Å². The molecule has 6 N–H and O–H groups in total. The molecule has 1 unspecified atom stereocenters. The van der Waals surface area contributed by atoms with Crippen LogP contribution in [0.15, 0.2) is 12.1 Å². The Balaban J connectivity index is 1.61. The molecule has 0 amide bonds. The van der Waals surface area contributed by atoms with Gasteiger partial charge in [-0.25, -0.2) is 4.79 Å². The van der Waals surface area contributed by atoms with E-state index in [0.29, 0.717) is 6.42 Å². The molecule has 24 heavy (non-hydrogen) atoms. The fourth-order valence-corrected chi connectivity index (χ4v) is 3.80. The Morgan fingerprint density at radius 2 is 2.17 bits per heavy atom. The van der Waals surface area contributed by atoms with Crippen molar-refractivity contribution in [2.24, 2.45) is 0 Å². The fourth-order valence-electron chi connectivity index (χ4n) is 3.80. The number of nitrogens with zero attached hydrogens (tertiary/aromatic N) is 1. The Morgan fingerprint density at radius 3 is 2.83 bits per heavy atom. The molecule has 9 heteroatoms. The molecule has 3 aliphatic rings. The lowest BCUT2D eigenvalue weighted by molar-refractivity contribution is -0.370. The first-order valence-corrected chi connectivity index (χ1v) is 8.27. The summed E-state index contributed by atoms with van der Waals surface area (Å²) >= 11 is 0. The van der Waals surface area contributed by atoms with Crippen molar-refractivity contribution in [1.29, 1.82) is 0 Å². The molecule has 0 radical (unpaired) electrons. The third-order valence-electron chi connectivity index (χ3n) is 5.14. The summed E-state index contributed by atoms with van der Waals surface area (Å²) in [7, 11) is 0. The lowest BCUT2D eigenvalue weighted by Gasteiger charge is -2.40. The normalized spacial score (nSPS) is 27.5. The van der Waals surface area contributed by atoms with E-state index in [0.717, 1.165) is 31.7 Å². The van der Waals surface area contributed by atoms with Crippen LogP contribution >= 0.6 is 0 Å². The lowest BCUT2D eigenvalue weighted by atomic mass is 9.68. The van der Waals surface area contributed by atoms with Crippen molar-refractivity contribution in [2.45, 2.75) is 24.3 Å². The predicted octanol–water partition coefficient (Wildman–Crippen LogP) is -1.14. The van der Waals surface area contributed by atoms with Crippen LogP contribution in [0.25, 0.3) is 0 Å². The smallest absolute Gasteiger partial charge is 0.434 e. The number of carboxylic acid groups (broad SMARTS) is 1. The zero-order chi connectivity index (χ0) is 17.1. The number of quaternary nitrogens is 1. The Hall–Kier alpha value is -1.81. The van der Waals surface area contributed by atoms with Crippen molar-refractivity contribution < 1.29 is 35.1 Å². The number of rotatable bonds is 5. The number of hydrogen-bond donors (Lipinski definition) is 4. The molecule has 4 rings (SSSR count). The number of carbonyl (C=O) groups is 1. The number of likely N-dealkylation sites (tertiary alicyclic amines) is 1. The number of ether oxygens (including phenoxy) is 1. The van der Waals surface area contributed by atoms with Gasteiger partial charge in [0.2, 0.25) is 0 Å². The van der Waals surface area contributed by atoms with Crippen molar-refractivity contribution in [3.8, 4) is 11.5 Å². The van der Waals surface area contributed by atoms with E-state index in [4.69, 9.17) is 9.39 Å². The van der Waals surface area contributed by atoms with Gasteiger partial charge in [-0.05, 0) is 17.5 Å². The molecule has 2 fully saturated rings. The number of aromatic carboxylic acids is 1. The zero-order valence-electron chi connectivity index (χ0n) is 13.2. The van der Waals surface area contributed by atoms with E-state index >= 15 is 0 Å². The summed E-state index contributed by atoms with van der Waals surface area (Å²) in [5, 5.41) is 29.6. The Labute approximate surface area is 138 Å². The number of benzene rings is 1. The van der Waals surface area contributed by atoms with Crippen LogP contribution < -0.4 is 15.1 Å². The van der Waals surface area contributed by atoms with Gasteiger partial charge in [0.1, 0.15) is 17.4 Å². The highest BCUT2D eigenvalue weighted by atomic mass is 16.6. The predicted molar refractivity (Wildman–Crippen MR) is 83.9 cm³/mol. The third-order valence-corrected chi connectivity index (χ3v) is 5.14. The van der Waals surface area contributed by atoms with Gasteiger partial charge >= 0.3 is 12.7 Å². The van der Waals surface area contributed by atoms with Crippen molar-refractivity contribution in [2.75, 3.05) is 26.2 Å². The Kier molecular flexibility index (Phi) is 3.50. The first-order chi connectivity index (χ1) is 11.4. The number of carboxylic acids is 1. The minimum atomic E-state index is -3.01. The number of fused-ring (bicyclic) bond motifs is 3. The number of hydrogen-bond acceptors (Lipinski definition) is 6. The van der Waals surface area contributed by atoms with Gasteiger partial charge < -0.3 is 30.3 Å². The highest BCUT2D eigenvalue weighted by Crippen LogP contribution is 2.63. The molecule has 130 valence electrons. The van der Waals surface area contributed by atoms with E-state index in [1.54, 1.807) is 12.1 Å². The molecule has 2 atom stereocenters. The van der Waals surface area contributed by atoms with Crippen molar-refractivity contribution in [3.05, 3.63) is 23.3 Å². The van der Waals surface area contributed by atoms with Gasteiger partial charge in [-0.2, -0.15) is 0 Å². The van der Waals surface area contributed by atoms with Crippen LogP contribution in [0, 0.1) is 0 Å². The van der Waals surface area contributed by atoms with Crippen molar-refractivity contribution in [1.82, 2.24) is 4.90 Å². The molecule has 1 saturated heterocycles. The first-order valence-electron chi connectivity index (χ1n) is 8.27. The summed E-state index contributed by atoms with van der Waals surface area (Å²) in [4.78, 5) is 13.9. The molecule has 0 spiro atoms. The average Bonchev–Trinajstić information content (AvgIpc) is 3.25. The standard InChI is InChI=1S/C15H20BN2O6/c17-3-4-18-6-8(7-18)23-12-2-1-9-10-5-11(10)16(21,22)24-14(9)13(12)15(19)20/h1-2,8,10-11,21-22H,3-7,17H2,(H,19,20)/q-1/p+1/t10?,11-/m1/s1. The van der Waals surface area contributed by atoms with Crippen molar-refractivity contribution in [3.63, 3.8) is 0 Å². The van der Waals surface area contributed by atoms with Crippen LogP contribution in [-0.2, 0) is 0 Å². The molecule has 1 saturated carbocycles. The second-order valence-electron chi connectivity index (χ2n) is 6.90. The van der Waals surface area contributed by atoms with Crippen LogP contribution in [0.2, 0.25) is 5.82 Å². The quantitative estimate of drug-likeness (QED) is 0.501. The molecule has 2 aliphatic heterocycles. The lowest BCUT2D eigenvalue weighted by Crippen LogP contribution is -2.61. The summed E-state index contributed by atoms with van der Waals surface area (Å²) < 4.78 is 11.1. The highest BCUT2D eigenvalue weighted by Gasteiger charge is 2.55. The van der Waals surface area contributed by atoms with Crippen LogP contribution in [0.4, 0.5) is 0 Å². The molecule has 1 aliphatic carbocycles. The maximum absolute atomic E-state index is 11.7. The Morgan fingerprint density at radius 1 is 1.42 bits per heavy atom. The molecule has 1 aromatic rings. The van der Waals surface area contributed by atoms with Gasteiger partial charge in [-0.15, -0.1) is 0 Å². The highest BCUT2D eigenvalue weighted by molar-refractivity contribution is 6.62. The van der Waals surface area contributed by atoms with E-state index in [9.17, 15) is 19.9 Å². The molecular formula is C15H21BN2O6. The van der Waals surface area contributed by atoms with E-state index in [2.05, 4.69) is 10.6 Å². The zero-order valence-corrected chi connectivity index (χ0v) is 13.2. The second kappa shape index (κ2) is 5.35. The van der Waals surface area contributed by atoms with Gasteiger partial charge in [0.15, 0.2) is 0 Å². The summed E-state index contributed by atoms with van der Waals surface area (Å²) in [6.45, 7) is 0.152. The average molecular weight is 336 g/mol. The molecular weight excluding hydrogens is 315 g/mol. The van der Waals surface area contributed by atoms with Gasteiger partial charge in [-0.1, -0.05) is 18.3 Å². The molecule has 0 bridgehead atoms. The van der Waals surface area contributed by atoms with Gasteiger partial charge in [-0.3, -0.25) is 4.90 Å². The SMILES string of the molecule is [NH3+]CCN1CC(Oc2ccc3c(c2C(=O)O)O[B-](O)(O)[C@@H]2CC32)C1. The van der Waals surface area contributed by atoms with E-state index in [-0.39, 0.29) is 34.9 Å². The van der Waals surface area contributed by atoms with E-state index < -0.39 is 12.7 Å². The van der Waals surface area contributed by atoms with Crippen LogP contribution in [-0.4, -0.2) is 65.1 Å². The third kappa shape index (κ3) is 2.44. The van der Waals surface area contributed by atoms with E-state index in [1.165, 1.54) is 0 Å². The summed E-state index contributed by atoms with van der Waals surface area (Å²) in [6.07, 6.45) is 0.519. The second-order valence-corrected chi connectivity index (χ2v) is 6.90. The van der Waals surface area contributed by atoms with Gasteiger partial charge in [0.05, 0.1) is 12.3 Å². The minimum absolute atomic E-state index is 0.0395. The summed E-state index contributed by atoms with van der Waals surface area (Å²) in [6, 6.07) is 3.43. The van der Waals surface area contributed by atoms with E-state index in [1.807, 2.05) is 0 Å². The maximum Gasteiger partial charge on any atom is 0.434 e. The van der Waals surface area contributed by atoms with Gasteiger partial charge in [0, 0.05) is 19.6 Å². The monoisotopic (exact) mass is 336 g/mol. The van der Waals surface area contributed by atoms with Crippen LogP contribution in [0.5, 0.6) is 11.5 Å². The molecule has 0 aromatic heterocycles. The minimum Gasteiger partial charge on any atom is -0.669 e. The summed E-state index contributed by atoms with van der Waals surface area (Å²) in [5.74, 6) is -1.33. The van der Waals surface area contributed by atoms with Gasteiger partial charge in [0.25, 0.3) is 0 Å². The molecule has 2 heterocycles. The molecule has 1 aromatic carbocycles. The van der Waals surface area contributed by atoms with Crippen LogP contribution in [0.1, 0.15) is 28.3 Å². The Bertz CT molecular complexity index is 691. The summed E-state index contributed by atoms with van der Waals surface area (Å²) in [5.41, 5.74) is 4.40. The largest absolute Gasteiger partial charge is 0.669 e. The maximum atomic E-state index is 11.7. The van der Waals surface area contributed by atoms with Crippen LogP contribution in [0.3, 0.4) is 0 Å². The molecule has 8 nitrogen and oxygen atoms in total.